The van der Waals surface area contributed by atoms with Crippen LogP contribution >= 0.6 is 0 Å². The molecule has 0 radical (unpaired) electrons. The van der Waals surface area contributed by atoms with Gasteiger partial charge >= 0.3 is 0 Å². The van der Waals surface area contributed by atoms with Gasteiger partial charge in [-0.15, -0.1) is 0 Å². The lowest BCUT2D eigenvalue weighted by Gasteiger charge is -2.37. The number of aromatic nitrogens is 1. The van der Waals surface area contributed by atoms with Gasteiger partial charge in [0, 0.05) is 33.4 Å². The number of benzene rings is 9. The number of allylic oxidation sites excluding steroid dienone is 4. The lowest BCUT2D eigenvalue weighted by atomic mass is 9.65. The Morgan fingerprint density at radius 2 is 0.984 bits per heavy atom. The Hall–Kier alpha value is -7.94. The molecule has 0 amide bonds. The van der Waals surface area contributed by atoms with Gasteiger partial charge in [0.1, 0.15) is 0 Å². The van der Waals surface area contributed by atoms with Crippen LogP contribution in [0.25, 0.3) is 55.3 Å². The highest BCUT2D eigenvalue weighted by molar-refractivity contribution is 6.11. The molecule has 2 aliphatic rings. The number of hydrogen-bond acceptors (Lipinski definition) is 1. The maximum absolute atomic E-state index is 2.54. The second-order valence-corrected chi connectivity index (χ2v) is 16.7. The van der Waals surface area contributed by atoms with Crippen LogP contribution < -0.4 is 4.90 Å². The van der Waals surface area contributed by atoms with Crippen molar-refractivity contribution in [3.63, 3.8) is 0 Å². The van der Waals surface area contributed by atoms with Crippen molar-refractivity contribution < 1.29 is 0 Å². The molecule has 10 aromatic rings. The van der Waals surface area contributed by atoms with Crippen molar-refractivity contribution in [2.75, 3.05) is 4.90 Å². The summed E-state index contributed by atoms with van der Waals surface area (Å²) in [5, 5.41) is 2.44. The first-order valence-corrected chi connectivity index (χ1v) is 22.1. The van der Waals surface area contributed by atoms with Crippen LogP contribution in [0.5, 0.6) is 0 Å². The average molecular weight is 805 g/mol. The highest BCUT2D eigenvalue weighted by Crippen LogP contribution is 2.59. The van der Waals surface area contributed by atoms with Crippen molar-refractivity contribution >= 4 is 44.4 Å². The molecule has 0 bridgehead atoms. The molecule has 0 unspecified atom stereocenters. The molecule has 9 aromatic carbocycles. The smallest absolute Gasteiger partial charge is 0.0676 e. The van der Waals surface area contributed by atoms with Crippen LogP contribution in [-0.4, -0.2) is 4.57 Å². The van der Waals surface area contributed by atoms with Crippen molar-refractivity contribution in [2.45, 2.75) is 18.3 Å². The van der Waals surface area contributed by atoms with E-state index in [1.807, 2.05) is 0 Å². The number of rotatable bonds is 8. The van der Waals surface area contributed by atoms with E-state index < -0.39 is 5.41 Å². The predicted octanol–water partition coefficient (Wildman–Crippen LogP) is 16.0. The van der Waals surface area contributed by atoms with Gasteiger partial charge in [0.05, 0.1) is 22.1 Å². The van der Waals surface area contributed by atoms with E-state index in [0.29, 0.717) is 0 Å². The summed E-state index contributed by atoms with van der Waals surface area (Å²) in [5.74, 6) is 0. The number of fused-ring (bicyclic) bond motifs is 5. The first kappa shape index (κ1) is 36.9. The van der Waals surface area contributed by atoms with Gasteiger partial charge in [-0.1, -0.05) is 182 Å². The van der Waals surface area contributed by atoms with Gasteiger partial charge in [0.2, 0.25) is 0 Å². The van der Waals surface area contributed by atoms with Crippen LogP contribution in [0.15, 0.2) is 248 Å². The third-order valence-corrected chi connectivity index (χ3v) is 13.4. The van der Waals surface area contributed by atoms with Gasteiger partial charge in [0.15, 0.2) is 0 Å². The predicted molar refractivity (Wildman–Crippen MR) is 264 cm³/mol. The Morgan fingerprint density at radius 3 is 1.67 bits per heavy atom. The van der Waals surface area contributed by atoms with E-state index in [-0.39, 0.29) is 0 Å². The molecule has 12 rings (SSSR count). The summed E-state index contributed by atoms with van der Waals surface area (Å²) in [6.45, 7) is 0. The van der Waals surface area contributed by atoms with Gasteiger partial charge in [0.25, 0.3) is 0 Å². The number of para-hydroxylation sites is 2. The van der Waals surface area contributed by atoms with Crippen molar-refractivity contribution in [1.29, 1.82) is 0 Å². The summed E-state index contributed by atoms with van der Waals surface area (Å²) >= 11 is 0. The minimum absolute atomic E-state index is 0.444. The largest absolute Gasteiger partial charge is 0.310 e. The third-order valence-electron chi connectivity index (χ3n) is 13.4. The second kappa shape index (κ2) is 15.2. The summed E-state index contributed by atoms with van der Waals surface area (Å²) in [6, 6.07) is 84.9. The minimum atomic E-state index is -0.444. The molecule has 1 heterocycles. The van der Waals surface area contributed by atoms with E-state index in [4.69, 9.17) is 0 Å². The third kappa shape index (κ3) is 5.94. The number of anilines is 3. The highest BCUT2D eigenvalue weighted by Gasteiger charge is 2.48. The van der Waals surface area contributed by atoms with Crippen LogP contribution in [0.2, 0.25) is 0 Å². The standard InChI is InChI=1S/C61H44N2/c1-6-20-43(21-7-1)44-34-36-49(37-35-44)62(50-38-39-59-55(40-50)52-31-17-19-33-58(52)63(59)48-28-14-5-15-29-48)60-42-54-51-30-16-18-32-56(51)61(46-24-10-3-11-25-46,47-26-12-4-13-27-47)57(54)41-53(60)45-22-8-2-9-23-45/h1-17,19-31,33-42H,18,32H2. The summed E-state index contributed by atoms with van der Waals surface area (Å²) in [7, 11) is 0. The number of hydrogen-bond donors (Lipinski definition) is 0. The molecule has 298 valence electrons. The molecular weight excluding hydrogens is 761 g/mol. The van der Waals surface area contributed by atoms with Crippen LogP contribution in [0.4, 0.5) is 17.1 Å². The molecule has 0 aliphatic heterocycles. The summed E-state index contributed by atoms with van der Waals surface area (Å²) < 4.78 is 2.40. The summed E-state index contributed by atoms with van der Waals surface area (Å²) in [4.78, 5) is 2.50. The Balaban J connectivity index is 1.16. The summed E-state index contributed by atoms with van der Waals surface area (Å²) in [6.07, 6.45) is 6.78. The lowest BCUT2D eigenvalue weighted by molar-refractivity contribution is 0.697. The van der Waals surface area contributed by atoms with E-state index in [9.17, 15) is 0 Å². The Bertz CT molecular complexity index is 3310. The minimum Gasteiger partial charge on any atom is -0.310 e. The van der Waals surface area contributed by atoms with Crippen LogP contribution in [-0.2, 0) is 5.41 Å². The summed E-state index contributed by atoms with van der Waals surface area (Å²) in [5.41, 5.74) is 19.2. The van der Waals surface area contributed by atoms with E-state index in [2.05, 4.69) is 252 Å². The van der Waals surface area contributed by atoms with E-state index >= 15 is 0 Å². The fourth-order valence-electron chi connectivity index (χ4n) is 10.6. The van der Waals surface area contributed by atoms with Crippen LogP contribution in [0, 0.1) is 0 Å². The van der Waals surface area contributed by atoms with Gasteiger partial charge < -0.3 is 9.47 Å². The molecule has 0 atom stereocenters. The maximum Gasteiger partial charge on any atom is 0.0676 e. The van der Waals surface area contributed by atoms with E-state index in [0.717, 1.165) is 35.6 Å². The first-order valence-electron chi connectivity index (χ1n) is 22.1. The topological polar surface area (TPSA) is 8.17 Å². The van der Waals surface area contributed by atoms with Gasteiger partial charge in [-0.25, -0.2) is 0 Å². The maximum atomic E-state index is 2.54. The Kier molecular flexibility index (Phi) is 8.90. The van der Waals surface area contributed by atoms with Gasteiger partial charge in [-0.3, -0.25) is 0 Å². The SMILES string of the molecule is C1=CC2=C(CC1)C(c1ccccc1)(c1ccccc1)c1cc(-c3ccccc3)c(N(c3ccc(-c4ccccc4)cc3)c3ccc4c(c3)c3ccccc3n4-c3ccccc3)cc12. The molecule has 2 aliphatic carbocycles. The molecule has 0 fully saturated rings. The quantitative estimate of drug-likeness (QED) is 0.149. The fourth-order valence-corrected chi connectivity index (χ4v) is 10.6. The molecule has 0 N–H and O–H groups in total. The number of nitrogens with zero attached hydrogens (tertiary/aromatic N) is 2. The van der Waals surface area contributed by atoms with E-state index in [1.165, 1.54) is 77.5 Å². The monoisotopic (exact) mass is 804 g/mol. The molecule has 1 aromatic heterocycles. The Morgan fingerprint density at radius 1 is 0.429 bits per heavy atom. The zero-order valence-electron chi connectivity index (χ0n) is 34.9. The highest BCUT2D eigenvalue weighted by atomic mass is 15.1. The van der Waals surface area contributed by atoms with Crippen molar-refractivity contribution in [1.82, 2.24) is 4.57 Å². The average Bonchev–Trinajstić information content (AvgIpc) is 3.85. The molecule has 0 spiro atoms. The lowest BCUT2D eigenvalue weighted by Crippen LogP contribution is -2.30. The molecule has 2 heteroatoms. The zero-order valence-corrected chi connectivity index (χ0v) is 34.9. The van der Waals surface area contributed by atoms with Gasteiger partial charge in [-0.05, 0) is 124 Å². The Labute approximate surface area is 369 Å². The molecular formula is C61H44N2. The van der Waals surface area contributed by atoms with Crippen LogP contribution in [0.3, 0.4) is 0 Å². The molecule has 2 nitrogen and oxygen atoms in total. The fraction of sp³-hybridized carbons (Fsp3) is 0.0492. The van der Waals surface area contributed by atoms with Crippen LogP contribution in [0.1, 0.15) is 35.1 Å². The van der Waals surface area contributed by atoms with Crippen molar-refractivity contribution in [3.05, 3.63) is 271 Å². The second-order valence-electron chi connectivity index (χ2n) is 16.7. The molecule has 63 heavy (non-hydrogen) atoms. The molecule has 0 saturated heterocycles. The molecule has 0 saturated carbocycles. The first-order chi connectivity index (χ1) is 31.3. The zero-order chi connectivity index (χ0) is 41.7. The van der Waals surface area contributed by atoms with E-state index in [1.54, 1.807) is 0 Å². The van der Waals surface area contributed by atoms with Crippen molar-refractivity contribution in [2.24, 2.45) is 0 Å². The van der Waals surface area contributed by atoms with Gasteiger partial charge in [-0.2, -0.15) is 0 Å². The van der Waals surface area contributed by atoms with Crippen molar-refractivity contribution in [3.8, 4) is 27.9 Å². The normalized spacial score (nSPS) is 13.9.